The Morgan fingerprint density at radius 1 is 1.17 bits per heavy atom. The molecular formula is C17H20N4O7S. The molecule has 11 nitrogen and oxygen atoms in total. The fraction of sp³-hybridized carbons (Fsp3) is 0.471. The maximum Gasteiger partial charge on any atom is 0.414 e. The smallest absolute Gasteiger partial charge is 0.414 e. The van der Waals surface area contributed by atoms with E-state index in [1.807, 2.05) is 21.7 Å². The maximum absolute atomic E-state index is 12.2. The first kappa shape index (κ1) is 20.9. The predicted octanol–water partition coefficient (Wildman–Crippen LogP) is 0.212. The molecule has 0 spiro atoms. The van der Waals surface area contributed by atoms with Gasteiger partial charge in [-0.3, -0.25) is 9.69 Å². The molecule has 12 heteroatoms. The second kappa shape index (κ2) is 9.58. The molecule has 0 radical (unpaired) electrons. The van der Waals surface area contributed by atoms with Crippen LogP contribution in [0.15, 0.2) is 21.3 Å². The van der Waals surface area contributed by atoms with Crippen molar-refractivity contribution in [1.29, 1.82) is 0 Å². The summed E-state index contributed by atoms with van der Waals surface area (Å²) in [5.41, 5.74) is 0.990. The number of amides is 1. The quantitative estimate of drug-likeness (QED) is 0.653. The Morgan fingerprint density at radius 3 is 2.45 bits per heavy atom. The van der Waals surface area contributed by atoms with Gasteiger partial charge in [-0.15, -0.1) is 0 Å². The Kier molecular flexibility index (Phi) is 6.90. The number of hydrogen-bond donors (Lipinski definition) is 2. The van der Waals surface area contributed by atoms with Crippen molar-refractivity contribution in [2.45, 2.75) is 5.92 Å². The van der Waals surface area contributed by atoms with Crippen molar-refractivity contribution < 1.29 is 33.9 Å². The maximum atomic E-state index is 12.2. The lowest BCUT2D eigenvalue weighted by molar-refractivity contribution is -0.159. The van der Waals surface area contributed by atoms with Crippen LogP contribution in [0.5, 0.6) is 0 Å². The lowest BCUT2D eigenvalue weighted by atomic mass is 10.0. The molecule has 2 aliphatic heterocycles. The van der Waals surface area contributed by atoms with E-state index in [1.165, 1.54) is 0 Å². The van der Waals surface area contributed by atoms with Crippen LogP contribution in [0.1, 0.15) is 11.8 Å². The summed E-state index contributed by atoms with van der Waals surface area (Å²) in [5, 5.41) is 22.8. The summed E-state index contributed by atoms with van der Waals surface area (Å²) in [7, 11) is 0. The number of nitrogens with zero attached hydrogens (tertiary/aromatic N) is 4. The van der Waals surface area contributed by atoms with E-state index in [0.717, 1.165) is 18.7 Å². The minimum atomic E-state index is -1.82. The van der Waals surface area contributed by atoms with Crippen molar-refractivity contribution >= 4 is 29.2 Å². The van der Waals surface area contributed by atoms with Gasteiger partial charge in [0.25, 0.3) is 0 Å². The van der Waals surface area contributed by atoms with Crippen LogP contribution in [0.4, 0.5) is 0 Å². The third-order valence-electron chi connectivity index (χ3n) is 4.43. The molecule has 0 unspecified atom stereocenters. The molecule has 2 saturated heterocycles. The van der Waals surface area contributed by atoms with Gasteiger partial charge in [-0.2, -0.15) is 16.3 Å². The van der Waals surface area contributed by atoms with Gasteiger partial charge < -0.3 is 24.4 Å². The molecule has 29 heavy (non-hydrogen) atoms. The van der Waals surface area contributed by atoms with E-state index >= 15 is 0 Å². The zero-order valence-electron chi connectivity index (χ0n) is 15.4. The van der Waals surface area contributed by atoms with Gasteiger partial charge in [0.1, 0.15) is 0 Å². The van der Waals surface area contributed by atoms with Crippen LogP contribution in [0, 0.1) is 0 Å². The first-order chi connectivity index (χ1) is 13.9. The number of likely N-dealkylation sites (tertiary alicyclic amines) is 1. The number of aliphatic carboxylic acids is 2. The molecule has 2 aromatic heterocycles. The standard InChI is InChI=1S/C15H18N4O3S.C2H2O4/c20-13(19-2-4-21-5-3-19)9-18-7-12(8-18)15-16-14(17-22-15)11-1-6-23-10-11;3-1(4)2(5)6/h1,6,10,12H,2-5,7-9H2;(H,3,4)(H,5,6). The van der Waals surface area contributed by atoms with Crippen molar-refractivity contribution in [3.8, 4) is 11.4 Å². The first-order valence-electron chi connectivity index (χ1n) is 8.84. The number of morpholine rings is 1. The van der Waals surface area contributed by atoms with Crippen LogP contribution < -0.4 is 0 Å². The van der Waals surface area contributed by atoms with Crippen molar-refractivity contribution in [3.05, 3.63) is 22.7 Å². The molecule has 156 valence electrons. The summed E-state index contributed by atoms with van der Waals surface area (Å²) in [4.78, 5) is 38.8. The molecule has 0 aliphatic carbocycles. The Bertz CT molecular complexity index is 830. The number of carbonyl (C=O) groups is 3. The molecule has 4 rings (SSSR count). The summed E-state index contributed by atoms with van der Waals surface area (Å²) >= 11 is 1.61. The molecule has 0 atom stereocenters. The van der Waals surface area contributed by atoms with Gasteiger partial charge in [-0.25, -0.2) is 9.59 Å². The van der Waals surface area contributed by atoms with E-state index in [1.54, 1.807) is 11.3 Å². The zero-order chi connectivity index (χ0) is 20.8. The largest absolute Gasteiger partial charge is 0.473 e. The average Bonchev–Trinajstić information content (AvgIpc) is 3.37. The second-order valence-corrected chi connectivity index (χ2v) is 7.24. The number of ether oxygens (including phenoxy) is 1. The van der Waals surface area contributed by atoms with Gasteiger partial charge in [-0.05, 0) is 11.4 Å². The van der Waals surface area contributed by atoms with Crippen LogP contribution in [0.2, 0.25) is 0 Å². The first-order valence-corrected chi connectivity index (χ1v) is 9.78. The number of hydrogen-bond acceptors (Lipinski definition) is 9. The number of carboxylic acids is 2. The van der Waals surface area contributed by atoms with Gasteiger partial charge in [0.15, 0.2) is 0 Å². The monoisotopic (exact) mass is 424 g/mol. The molecule has 2 fully saturated rings. The Labute approximate surface area is 169 Å². The number of rotatable bonds is 4. The van der Waals surface area contributed by atoms with Gasteiger partial charge >= 0.3 is 11.9 Å². The molecular weight excluding hydrogens is 404 g/mol. The summed E-state index contributed by atoms with van der Waals surface area (Å²) in [5.74, 6) is -1.93. The fourth-order valence-corrected chi connectivity index (χ4v) is 3.50. The third kappa shape index (κ3) is 5.59. The molecule has 4 heterocycles. The fourth-order valence-electron chi connectivity index (χ4n) is 2.87. The summed E-state index contributed by atoms with van der Waals surface area (Å²) in [6.07, 6.45) is 0. The summed E-state index contributed by atoms with van der Waals surface area (Å²) < 4.78 is 10.6. The molecule has 1 amide bonds. The van der Waals surface area contributed by atoms with Crippen molar-refractivity contribution in [3.63, 3.8) is 0 Å². The Balaban J connectivity index is 0.000000353. The number of thiophene rings is 1. The summed E-state index contributed by atoms with van der Waals surface area (Å²) in [6, 6.07) is 1.98. The van der Waals surface area contributed by atoms with Crippen LogP contribution in [-0.2, 0) is 19.1 Å². The lowest BCUT2D eigenvalue weighted by Gasteiger charge is -2.38. The second-order valence-electron chi connectivity index (χ2n) is 6.46. The number of carbonyl (C=O) groups excluding carboxylic acids is 1. The molecule has 0 bridgehead atoms. The van der Waals surface area contributed by atoms with Crippen molar-refractivity contribution in [2.75, 3.05) is 45.9 Å². The Hall–Kier alpha value is -2.83. The van der Waals surface area contributed by atoms with Crippen molar-refractivity contribution in [1.82, 2.24) is 19.9 Å². The Morgan fingerprint density at radius 2 is 1.86 bits per heavy atom. The normalized spacial score (nSPS) is 17.2. The van der Waals surface area contributed by atoms with E-state index in [0.29, 0.717) is 44.6 Å². The highest BCUT2D eigenvalue weighted by Crippen LogP contribution is 2.28. The molecule has 0 saturated carbocycles. The van der Waals surface area contributed by atoms with Gasteiger partial charge in [0, 0.05) is 37.1 Å². The van der Waals surface area contributed by atoms with Crippen molar-refractivity contribution in [2.24, 2.45) is 0 Å². The van der Waals surface area contributed by atoms with Crippen LogP contribution in [-0.4, -0.2) is 93.9 Å². The molecule has 2 N–H and O–H groups in total. The number of carboxylic acid groups (broad SMARTS) is 2. The minimum Gasteiger partial charge on any atom is -0.473 e. The van der Waals surface area contributed by atoms with E-state index < -0.39 is 11.9 Å². The highest BCUT2D eigenvalue weighted by molar-refractivity contribution is 7.08. The summed E-state index contributed by atoms with van der Waals surface area (Å²) in [6.45, 7) is 4.72. The van der Waals surface area contributed by atoms with E-state index in [-0.39, 0.29) is 11.8 Å². The van der Waals surface area contributed by atoms with E-state index in [9.17, 15) is 4.79 Å². The molecule has 2 aliphatic rings. The molecule has 2 aromatic rings. The number of aromatic nitrogens is 2. The SMILES string of the molecule is O=C(CN1CC(c2nc(-c3ccsc3)no2)C1)N1CCOCC1.O=C(O)C(=O)O. The molecule has 0 aromatic carbocycles. The lowest BCUT2D eigenvalue weighted by Crippen LogP contribution is -2.52. The zero-order valence-corrected chi connectivity index (χ0v) is 16.2. The minimum absolute atomic E-state index is 0.177. The topological polar surface area (TPSA) is 146 Å². The van der Waals surface area contributed by atoms with E-state index in [2.05, 4.69) is 15.0 Å². The van der Waals surface area contributed by atoms with Crippen LogP contribution in [0.25, 0.3) is 11.4 Å². The predicted molar refractivity (Wildman–Crippen MR) is 99.5 cm³/mol. The van der Waals surface area contributed by atoms with Crippen LogP contribution in [0.3, 0.4) is 0 Å². The average molecular weight is 424 g/mol. The van der Waals surface area contributed by atoms with E-state index in [4.69, 9.17) is 29.1 Å². The van der Waals surface area contributed by atoms with Gasteiger partial charge in [0.2, 0.25) is 17.6 Å². The van der Waals surface area contributed by atoms with Gasteiger partial charge in [-0.1, -0.05) is 5.16 Å². The van der Waals surface area contributed by atoms with Crippen LogP contribution >= 0.6 is 11.3 Å². The third-order valence-corrected chi connectivity index (χ3v) is 5.12. The highest BCUT2D eigenvalue weighted by atomic mass is 32.1. The van der Waals surface area contributed by atoms with Gasteiger partial charge in [0.05, 0.1) is 25.7 Å². The highest BCUT2D eigenvalue weighted by Gasteiger charge is 2.34.